The molecule has 128 valence electrons. The number of benzene rings is 2. The van der Waals surface area contributed by atoms with Crippen molar-refractivity contribution < 1.29 is 0 Å². The van der Waals surface area contributed by atoms with E-state index in [9.17, 15) is 0 Å². The van der Waals surface area contributed by atoms with Crippen molar-refractivity contribution in [1.29, 1.82) is 0 Å². The highest BCUT2D eigenvalue weighted by molar-refractivity contribution is 6.95. The van der Waals surface area contributed by atoms with Crippen LogP contribution in [0.5, 0.6) is 0 Å². The van der Waals surface area contributed by atoms with E-state index in [1.54, 1.807) is 5.19 Å². The number of rotatable bonds is 6. The molecule has 0 radical (unpaired) electrons. The molecule has 0 aliphatic heterocycles. The van der Waals surface area contributed by atoms with Gasteiger partial charge in [0, 0.05) is 0 Å². The number of hydrogen-bond donors (Lipinski definition) is 0. The van der Waals surface area contributed by atoms with Gasteiger partial charge in [0.05, 0.1) is 8.07 Å². The second-order valence-corrected chi connectivity index (χ2v) is 13.7. The first-order valence-electron chi connectivity index (χ1n) is 9.17. The summed E-state index contributed by atoms with van der Waals surface area (Å²) in [5.41, 5.74) is 5.75. The summed E-state index contributed by atoms with van der Waals surface area (Å²) in [6.45, 7) is 18.9. The van der Waals surface area contributed by atoms with Gasteiger partial charge in [-0.3, -0.25) is 0 Å². The lowest BCUT2D eigenvalue weighted by molar-refractivity contribution is 0.835. The van der Waals surface area contributed by atoms with E-state index < -0.39 is 8.07 Å². The third kappa shape index (κ3) is 3.28. The van der Waals surface area contributed by atoms with Gasteiger partial charge in [-0.25, -0.2) is 0 Å². The van der Waals surface area contributed by atoms with Crippen LogP contribution in [0.15, 0.2) is 61.2 Å². The van der Waals surface area contributed by atoms with Crippen LogP contribution in [0.25, 0.3) is 5.57 Å². The quantitative estimate of drug-likeness (QED) is 0.519. The Bertz CT molecular complexity index is 658. The Morgan fingerprint density at radius 3 is 1.71 bits per heavy atom. The molecule has 2 rings (SSSR count). The molecule has 0 nitrogen and oxygen atoms in total. The van der Waals surface area contributed by atoms with Gasteiger partial charge in [0.2, 0.25) is 0 Å². The van der Waals surface area contributed by atoms with E-state index in [0.717, 1.165) is 22.2 Å². The van der Waals surface area contributed by atoms with Crippen LogP contribution in [0.2, 0.25) is 16.6 Å². The van der Waals surface area contributed by atoms with Crippen molar-refractivity contribution in [3.8, 4) is 0 Å². The van der Waals surface area contributed by atoms with Crippen molar-refractivity contribution >= 4 is 18.8 Å². The summed E-state index contributed by atoms with van der Waals surface area (Å²) in [5, 5.41) is 1.58. The van der Waals surface area contributed by atoms with E-state index in [0.29, 0.717) is 0 Å². The third-order valence-electron chi connectivity index (χ3n) is 5.70. The topological polar surface area (TPSA) is 0 Å². The summed E-state index contributed by atoms with van der Waals surface area (Å²) in [7, 11) is -1.62. The van der Waals surface area contributed by atoms with E-state index in [1.807, 2.05) is 0 Å². The maximum Gasteiger partial charge on any atom is 0.0942 e. The predicted octanol–water partition coefficient (Wildman–Crippen LogP) is 6.63. The van der Waals surface area contributed by atoms with E-state index in [4.69, 9.17) is 0 Å². The lowest BCUT2D eigenvalue weighted by Crippen LogP contribution is -2.55. The normalized spacial score (nSPS) is 12.2. The zero-order valence-corrected chi connectivity index (χ0v) is 17.1. The van der Waals surface area contributed by atoms with Crippen LogP contribution in [0.3, 0.4) is 0 Å². The van der Waals surface area contributed by atoms with Crippen LogP contribution < -0.4 is 5.19 Å². The molecule has 1 heteroatoms. The van der Waals surface area contributed by atoms with Crippen LogP contribution in [-0.4, -0.2) is 8.07 Å². The first kappa shape index (κ1) is 18.7. The Balaban J connectivity index is 2.54. The standard InChI is InChI=1S/C23H32Si/c1-17(2)24(18(3)4,19(5)6)23-15-11-14-22(16-23)20(7)21-12-9-8-10-13-21/h8-19H,7H2,1-6H3. The average molecular weight is 337 g/mol. The number of hydrogen-bond acceptors (Lipinski definition) is 0. The Morgan fingerprint density at radius 1 is 0.708 bits per heavy atom. The van der Waals surface area contributed by atoms with E-state index in [-0.39, 0.29) is 0 Å². The molecule has 2 aromatic rings. The van der Waals surface area contributed by atoms with Crippen molar-refractivity contribution in [2.24, 2.45) is 0 Å². The minimum atomic E-state index is -1.62. The Labute approximate surface area is 149 Å². The van der Waals surface area contributed by atoms with E-state index in [1.165, 1.54) is 11.1 Å². The monoisotopic (exact) mass is 336 g/mol. The molecule has 0 spiro atoms. The second kappa shape index (κ2) is 7.52. The Kier molecular flexibility index (Phi) is 5.87. The van der Waals surface area contributed by atoms with E-state index in [2.05, 4.69) is 103 Å². The molecule has 2 aromatic carbocycles. The molecule has 0 saturated carbocycles. The fraction of sp³-hybridized carbons (Fsp3) is 0.391. The highest BCUT2D eigenvalue weighted by Gasteiger charge is 2.44. The highest BCUT2D eigenvalue weighted by Crippen LogP contribution is 2.41. The lowest BCUT2D eigenvalue weighted by atomic mass is 10.00. The van der Waals surface area contributed by atoms with Gasteiger partial charge in [-0.05, 0) is 33.3 Å². The molecule has 0 aromatic heterocycles. The minimum absolute atomic E-state index is 0.720. The van der Waals surface area contributed by atoms with Crippen LogP contribution in [-0.2, 0) is 0 Å². The summed E-state index contributed by atoms with van der Waals surface area (Å²) < 4.78 is 0. The van der Waals surface area contributed by atoms with Gasteiger partial charge in [-0.15, -0.1) is 0 Å². The zero-order chi connectivity index (χ0) is 17.9. The van der Waals surface area contributed by atoms with Crippen molar-refractivity contribution in [3.05, 3.63) is 72.3 Å². The van der Waals surface area contributed by atoms with Gasteiger partial charge in [0.1, 0.15) is 0 Å². The summed E-state index contributed by atoms with van der Waals surface area (Å²) in [6.07, 6.45) is 0. The third-order valence-corrected chi connectivity index (χ3v) is 12.7. The maximum atomic E-state index is 4.37. The largest absolute Gasteiger partial charge is 0.0942 e. The first-order chi connectivity index (χ1) is 11.3. The molecule has 0 unspecified atom stereocenters. The van der Waals surface area contributed by atoms with Gasteiger partial charge in [0.15, 0.2) is 0 Å². The molecule has 0 N–H and O–H groups in total. The first-order valence-corrected chi connectivity index (χ1v) is 11.4. The zero-order valence-electron chi connectivity index (χ0n) is 16.1. The summed E-state index contributed by atoms with van der Waals surface area (Å²) in [4.78, 5) is 0. The van der Waals surface area contributed by atoms with Crippen molar-refractivity contribution in [2.75, 3.05) is 0 Å². The van der Waals surface area contributed by atoms with Gasteiger partial charge in [0.25, 0.3) is 0 Å². The summed E-state index contributed by atoms with van der Waals surface area (Å²) in [6, 6.07) is 19.8. The predicted molar refractivity (Wildman–Crippen MR) is 112 cm³/mol. The molecule has 0 atom stereocenters. The van der Waals surface area contributed by atoms with E-state index >= 15 is 0 Å². The summed E-state index contributed by atoms with van der Waals surface area (Å²) in [5.74, 6) is 0. The van der Waals surface area contributed by atoms with Gasteiger partial charge in [-0.2, -0.15) is 0 Å². The van der Waals surface area contributed by atoms with Crippen LogP contribution in [0.1, 0.15) is 52.7 Å². The minimum Gasteiger partial charge on any atom is -0.0906 e. The molecule has 0 aliphatic carbocycles. The molecule has 0 bridgehead atoms. The lowest BCUT2D eigenvalue weighted by Gasteiger charge is -2.44. The average Bonchev–Trinajstić information content (AvgIpc) is 2.55. The summed E-state index contributed by atoms with van der Waals surface area (Å²) >= 11 is 0. The molecule has 0 heterocycles. The van der Waals surface area contributed by atoms with Crippen LogP contribution >= 0.6 is 0 Å². The Hall–Kier alpha value is -1.60. The molecular weight excluding hydrogens is 304 g/mol. The van der Waals surface area contributed by atoms with Gasteiger partial charge >= 0.3 is 0 Å². The van der Waals surface area contributed by atoms with Crippen molar-refractivity contribution in [3.63, 3.8) is 0 Å². The fourth-order valence-electron chi connectivity index (χ4n) is 4.78. The maximum absolute atomic E-state index is 4.37. The highest BCUT2D eigenvalue weighted by atomic mass is 28.3. The van der Waals surface area contributed by atoms with Gasteiger partial charge < -0.3 is 0 Å². The van der Waals surface area contributed by atoms with Crippen molar-refractivity contribution in [2.45, 2.75) is 58.2 Å². The Morgan fingerprint density at radius 2 is 1.21 bits per heavy atom. The smallest absolute Gasteiger partial charge is 0.0906 e. The SMILES string of the molecule is C=C(c1ccccc1)c1cccc([Si](C(C)C)(C(C)C)C(C)C)c1. The molecule has 0 fully saturated rings. The van der Waals surface area contributed by atoms with Crippen LogP contribution in [0, 0.1) is 0 Å². The van der Waals surface area contributed by atoms with Crippen molar-refractivity contribution in [1.82, 2.24) is 0 Å². The second-order valence-electron chi connectivity index (χ2n) is 7.82. The molecule has 0 amide bonds. The molecule has 0 saturated heterocycles. The van der Waals surface area contributed by atoms with Gasteiger partial charge in [-0.1, -0.05) is 108 Å². The van der Waals surface area contributed by atoms with Crippen LogP contribution in [0.4, 0.5) is 0 Å². The fourth-order valence-corrected chi connectivity index (χ4v) is 11.6. The molecular formula is C23H32Si. The molecule has 24 heavy (non-hydrogen) atoms. The molecule has 0 aliphatic rings.